The van der Waals surface area contributed by atoms with E-state index in [0.717, 1.165) is 29.7 Å². The van der Waals surface area contributed by atoms with Crippen molar-refractivity contribution in [1.82, 2.24) is 0 Å². The summed E-state index contributed by atoms with van der Waals surface area (Å²) >= 11 is 0. The number of amides is 1. The van der Waals surface area contributed by atoms with E-state index >= 15 is 0 Å². The quantitative estimate of drug-likeness (QED) is 0.890. The van der Waals surface area contributed by atoms with Crippen molar-refractivity contribution in [2.75, 3.05) is 5.32 Å². The van der Waals surface area contributed by atoms with E-state index in [1.54, 1.807) is 0 Å². The standard InChI is InChI=1S/C16H21NO3/c1-10-7-8-11(2)14(9-10)17-15(18)12-5-3-4-6-13(12)16(19)20/h7-9,12-13H,3-6H2,1-2H3,(H,17,18)(H,19,20). The second-order valence-corrected chi connectivity index (χ2v) is 5.64. The van der Waals surface area contributed by atoms with E-state index in [-0.39, 0.29) is 5.91 Å². The lowest BCUT2D eigenvalue weighted by Crippen LogP contribution is -2.36. The van der Waals surface area contributed by atoms with Gasteiger partial charge in [0, 0.05) is 5.69 Å². The number of carbonyl (C=O) groups is 2. The van der Waals surface area contributed by atoms with Gasteiger partial charge in [0.15, 0.2) is 0 Å². The van der Waals surface area contributed by atoms with E-state index in [4.69, 9.17) is 0 Å². The number of anilines is 1. The fraction of sp³-hybridized carbons (Fsp3) is 0.500. The Hall–Kier alpha value is -1.84. The van der Waals surface area contributed by atoms with Gasteiger partial charge in [-0.1, -0.05) is 25.0 Å². The number of benzene rings is 1. The van der Waals surface area contributed by atoms with Gasteiger partial charge in [-0.05, 0) is 43.9 Å². The molecule has 2 unspecified atom stereocenters. The van der Waals surface area contributed by atoms with Gasteiger partial charge in [-0.3, -0.25) is 9.59 Å². The van der Waals surface area contributed by atoms with Crippen LogP contribution in [0.4, 0.5) is 5.69 Å². The summed E-state index contributed by atoms with van der Waals surface area (Å²) in [5.74, 6) is -1.98. The Labute approximate surface area is 119 Å². The Morgan fingerprint density at radius 2 is 1.80 bits per heavy atom. The van der Waals surface area contributed by atoms with Crippen LogP contribution >= 0.6 is 0 Å². The summed E-state index contributed by atoms with van der Waals surface area (Å²) < 4.78 is 0. The number of aliphatic carboxylic acids is 1. The molecule has 2 atom stereocenters. The van der Waals surface area contributed by atoms with Crippen LogP contribution in [0.1, 0.15) is 36.8 Å². The van der Waals surface area contributed by atoms with Crippen molar-refractivity contribution < 1.29 is 14.7 Å². The zero-order valence-electron chi connectivity index (χ0n) is 12.0. The van der Waals surface area contributed by atoms with Crippen LogP contribution in [0.15, 0.2) is 18.2 Å². The van der Waals surface area contributed by atoms with Crippen molar-refractivity contribution >= 4 is 17.6 Å². The average molecular weight is 275 g/mol. The summed E-state index contributed by atoms with van der Waals surface area (Å²) in [5, 5.41) is 12.1. The maximum absolute atomic E-state index is 12.4. The van der Waals surface area contributed by atoms with Gasteiger partial charge < -0.3 is 10.4 Å². The first-order valence-electron chi connectivity index (χ1n) is 7.10. The number of carboxylic acids is 1. The number of aryl methyl sites for hydroxylation is 2. The monoisotopic (exact) mass is 275 g/mol. The van der Waals surface area contributed by atoms with Crippen LogP contribution in [-0.2, 0) is 9.59 Å². The third kappa shape index (κ3) is 3.18. The summed E-state index contributed by atoms with van der Waals surface area (Å²) in [4.78, 5) is 23.6. The molecule has 0 bridgehead atoms. The van der Waals surface area contributed by atoms with Crippen LogP contribution < -0.4 is 5.32 Å². The van der Waals surface area contributed by atoms with Crippen molar-refractivity contribution in [1.29, 1.82) is 0 Å². The van der Waals surface area contributed by atoms with E-state index in [1.807, 2.05) is 32.0 Å². The molecule has 1 saturated carbocycles. The molecule has 0 saturated heterocycles. The molecule has 1 fully saturated rings. The van der Waals surface area contributed by atoms with Gasteiger partial charge in [0.1, 0.15) is 0 Å². The second-order valence-electron chi connectivity index (χ2n) is 5.64. The minimum Gasteiger partial charge on any atom is -0.481 e. The van der Waals surface area contributed by atoms with Gasteiger partial charge in [0.2, 0.25) is 5.91 Å². The molecule has 1 aliphatic rings. The van der Waals surface area contributed by atoms with E-state index in [2.05, 4.69) is 5.32 Å². The van der Waals surface area contributed by atoms with Crippen LogP contribution in [-0.4, -0.2) is 17.0 Å². The third-order valence-electron chi connectivity index (χ3n) is 4.07. The van der Waals surface area contributed by atoms with Crippen LogP contribution in [0.3, 0.4) is 0 Å². The number of carbonyl (C=O) groups excluding carboxylic acids is 1. The van der Waals surface area contributed by atoms with Crippen LogP contribution in [0.25, 0.3) is 0 Å². The number of hydrogen-bond acceptors (Lipinski definition) is 2. The molecule has 0 heterocycles. The zero-order chi connectivity index (χ0) is 14.7. The lowest BCUT2D eigenvalue weighted by molar-refractivity contribution is -0.147. The molecule has 1 amide bonds. The summed E-state index contributed by atoms with van der Waals surface area (Å²) in [5.41, 5.74) is 2.85. The number of carboxylic acid groups (broad SMARTS) is 1. The van der Waals surface area contributed by atoms with Gasteiger partial charge >= 0.3 is 5.97 Å². The normalized spacial score (nSPS) is 22.3. The molecule has 2 rings (SSSR count). The number of nitrogens with one attached hydrogen (secondary N) is 1. The molecule has 1 aliphatic carbocycles. The first-order valence-corrected chi connectivity index (χ1v) is 7.10. The Bertz CT molecular complexity index is 524. The SMILES string of the molecule is Cc1ccc(C)c(NC(=O)C2CCCCC2C(=O)O)c1. The topological polar surface area (TPSA) is 66.4 Å². The molecule has 108 valence electrons. The molecule has 0 radical (unpaired) electrons. The second kappa shape index (κ2) is 6.07. The Morgan fingerprint density at radius 1 is 1.15 bits per heavy atom. The lowest BCUT2D eigenvalue weighted by atomic mass is 9.78. The third-order valence-corrected chi connectivity index (χ3v) is 4.07. The maximum atomic E-state index is 12.4. The number of rotatable bonds is 3. The highest BCUT2D eigenvalue weighted by molar-refractivity contribution is 5.95. The van der Waals surface area contributed by atoms with Gasteiger partial charge in [0.25, 0.3) is 0 Å². The minimum absolute atomic E-state index is 0.161. The molecule has 4 heteroatoms. The van der Waals surface area contributed by atoms with Crippen LogP contribution in [0.2, 0.25) is 0 Å². The van der Waals surface area contributed by atoms with Gasteiger partial charge in [-0.25, -0.2) is 0 Å². The average Bonchev–Trinajstić information content (AvgIpc) is 2.42. The van der Waals surface area contributed by atoms with Gasteiger partial charge in [-0.2, -0.15) is 0 Å². The molecule has 20 heavy (non-hydrogen) atoms. The Kier molecular flexibility index (Phi) is 4.42. The first kappa shape index (κ1) is 14.6. The smallest absolute Gasteiger partial charge is 0.307 e. The fourth-order valence-electron chi connectivity index (χ4n) is 2.84. The maximum Gasteiger partial charge on any atom is 0.307 e. The molecule has 2 N–H and O–H groups in total. The molecule has 1 aromatic rings. The van der Waals surface area contributed by atoms with Crippen LogP contribution in [0, 0.1) is 25.7 Å². The molecule has 1 aromatic carbocycles. The fourth-order valence-corrected chi connectivity index (χ4v) is 2.84. The van der Waals surface area contributed by atoms with Crippen molar-refractivity contribution in [3.8, 4) is 0 Å². The van der Waals surface area contributed by atoms with Crippen molar-refractivity contribution in [2.24, 2.45) is 11.8 Å². The van der Waals surface area contributed by atoms with E-state index in [1.165, 1.54) is 0 Å². The summed E-state index contributed by atoms with van der Waals surface area (Å²) in [6.07, 6.45) is 3.08. The zero-order valence-corrected chi connectivity index (χ0v) is 12.0. The molecule has 0 spiro atoms. The lowest BCUT2D eigenvalue weighted by Gasteiger charge is -2.27. The van der Waals surface area contributed by atoms with Gasteiger partial charge in [-0.15, -0.1) is 0 Å². The van der Waals surface area contributed by atoms with E-state index in [0.29, 0.717) is 12.8 Å². The summed E-state index contributed by atoms with van der Waals surface area (Å²) in [6, 6.07) is 5.87. The Balaban J connectivity index is 2.14. The highest BCUT2D eigenvalue weighted by Crippen LogP contribution is 2.31. The summed E-state index contributed by atoms with van der Waals surface area (Å²) in [7, 11) is 0. The molecule has 0 aromatic heterocycles. The van der Waals surface area contributed by atoms with E-state index in [9.17, 15) is 14.7 Å². The first-order chi connectivity index (χ1) is 9.49. The minimum atomic E-state index is -0.856. The summed E-state index contributed by atoms with van der Waals surface area (Å²) in [6.45, 7) is 3.90. The van der Waals surface area contributed by atoms with E-state index < -0.39 is 17.8 Å². The molecular weight excluding hydrogens is 254 g/mol. The Morgan fingerprint density at radius 3 is 2.45 bits per heavy atom. The highest BCUT2D eigenvalue weighted by atomic mass is 16.4. The number of hydrogen-bond donors (Lipinski definition) is 2. The van der Waals surface area contributed by atoms with Crippen molar-refractivity contribution in [3.05, 3.63) is 29.3 Å². The van der Waals surface area contributed by atoms with Crippen molar-refractivity contribution in [3.63, 3.8) is 0 Å². The van der Waals surface area contributed by atoms with Crippen LogP contribution in [0.5, 0.6) is 0 Å². The van der Waals surface area contributed by atoms with Gasteiger partial charge in [0.05, 0.1) is 11.8 Å². The molecule has 4 nitrogen and oxygen atoms in total. The highest BCUT2D eigenvalue weighted by Gasteiger charge is 2.35. The molecule has 0 aliphatic heterocycles. The predicted octanol–water partition coefficient (Wildman–Crippen LogP) is 3.13. The molecular formula is C16H21NO3. The predicted molar refractivity (Wildman–Crippen MR) is 77.6 cm³/mol. The largest absolute Gasteiger partial charge is 0.481 e. The van der Waals surface area contributed by atoms with Crippen molar-refractivity contribution in [2.45, 2.75) is 39.5 Å².